The summed E-state index contributed by atoms with van der Waals surface area (Å²) in [5, 5.41) is 3.12. The third-order valence-corrected chi connectivity index (χ3v) is 3.43. The molecule has 0 amide bonds. The first-order valence-corrected chi connectivity index (χ1v) is 7.10. The summed E-state index contributed by atoms with van der Waals surface area (Å²) in [4.78, 5) is 8.61. The molecule has 2 rings (SSSR count). The smallest absolute Gasteiger partial charge is 0.193 e. The second-order valence-corrected chi connectivity index (χ2v) is 5.25. The fraction of sp³-hybridized carbons (Fsp3) is 0.294. The number of aromatic nitrogens is 1. The Bertz CT molecular complexity index is 630. The Morgan fingerprint density at radius 3 is 2.62 bits per heavy atom. The number of aliphatic imine (C=N–C) groups is 1. The van der Waals surface area contributed by atoms with Crippen LogP contribution < -0.4 is 11.1 Å². The Kier molecular flexibility index (Phi) is 4.93. The zero-order chi connectivity index (χ0) is 15.2. The fourth-order valence-corrected chi connectivity index (χ4v) is 1.96. The van der Waals surface area contributed by atoms with Gasteiger partial charge in [0.15, 0.2) is 5.96 Å². The number of nitrogens with two attached hydrogens (primary N) is 1. The standard InChI is InChI=1S/C17H22N4/c1-12-4-7-16(10-13(12)2)21-17(18)19-9-8-15-6-5-14(3)20-11-15/h4-7,10-11H,8-9H2,1-3H3,(H3,18,19,21). The van der Waals surface area contributed by atoms with Crippen molar-refractivity contribution in [3.63, 3.8) is 0 Å². The van der Waals surface area contributed by atoms with Crippen molar-refractivity contribution in [2.75, 3.05) is 11.9 Å². The van der Waals surface area contributed by atoms with E-state index < -0.39 is 0 Å². The lowest BCUT2D eigenvalue weighted by atomic mass is 10.1. The molecule has 1 aromatic carbocycles. The Labute approximate surface area is 126 Å². The summed E-state index contributed by atoms with van der Waals surface area (Å²) in [6.07, 6.45) is 2.72. The summed E-state index contributed by atoms with van der Waals surface area (Å²) in [5.74, 6) is 0.443. The van der Waals surface area contributed by atoms with Crippen molar-refractivity contribution in [3.05, 3.63) is 58.9 Å². The van der Waals surface area contributed by atoms with Crippen molar-refractivity contribution >= 4 is 11.6 Å². The number of nitrogens with zero attached hydrogens (tertiary/aromatic N) is 2. The van der Waals surface area contributed by atoms with Crippen LogP contribution in [-0.4, -0.2) is 17.5 Å². The minimum atomic E-state index is 0.443. The Hall–Kier alpha value is -2.36. The predicted octanol–water partition coefficient (Wildman–Crippen LogP) is 2.98. The van der Waals surface area contributed by atoms with E-state index in [2.05, 4.69) is 47.3 Å². The first-order chi connectivity index (χ1) is 10.0. The van der Waals surface area contributed by atoms with Gasteiger partial charge in [-0.2, -0.15) is 0 Å². The number of anilines is 1. The van der Waals surface area contributed by atoms with Crippen LogP contribution in [0.2, 0.25) is 0 Å². The highest BCUT2D eigenvalue weighted by Crippen LogP contribution is 2.13. The van der Waals surface area contributed by atoms with E-state index in [4.69, 9.17) is 5.73 Å². The van der Waals surface area contributed by atoms with Gasteiger partial charge in [-0.15, -0.1) is 0 Å². The molecule has 1 aromatic heterocycles. The van der Waals surface area contributed by atoms with Crippen molar-refractivity contribution < 1.29 is 0 Å². The number of aryl methyl sites for hydroxylation is 3. The number of hydrogen-bond donors (Lipinski definition) is 2. The Morgan fingerprint density at radius 1 is 1.14 bits per heavy atom. The third kappa shape index (κ3) is 4.60. The van der Waals surface area contributed by atoms with Crippen LogP contribution in [0.25, 0.3) is 0 Å². The van der Waals surface area contributed by atoms with Gasteiger partial charge in [0.05, 0.1) is 0 Å². The second-order valence-electron chi connectivity index (χ2n) is 5.25. The highest BCUT2D eigenvalue weighted by atomic mass is 15.1. The number of rotatable bonds is 4. The lowest BCUT2D eigenvalue weighted by Gasteiger charge is -2.08. The van der Waals surface area contributed by atoms with Crippen LogP contribution in [0, 0.1) is 20.8 Å². The van der Waals surface area contributed by atoms with Gasteiger partial charge in [0, 0.05) is 24.1 Å². The first kappa shape index (κ1) is 15.0. The van der Waals surface area contributed by atoms with Gasteiger partial charge in [-0.05, 0) is 62.1 Å². The average Bonchev–Trinajstić information content (AvgIpc) is 2.45. The minimum absolute atomic E-state index is 0.443. The molecule has 1 heterocycles. The summed E-state index contributed by atoms with van der Waals surface area (Å²) >= 11 is 0. The average molecular weight is 282 g/mol. The van der Waals surface area contributed by atoms with Crippen molar-refractivity contribution in [1.29, 1.82) is 0 Å². The van der Waals surface area contributed by atoms with Crippen molar-refractivity contribution in [2.45, 2.75) is 27.2 Å². The molecule has 2 aromatic rings. The van der Waals surface area contributed by atoms with Crippen LogP contribution in [0.3, 0.4) is 0 Å². The summed E-state index contributed by atoms with van der Waals surface area (Å²) in [7, 11) is 0. The van der Waals surface area contributed by atoms with Gasteiger partial charge in [-0.3, -0.25) is 9.98 Å². The molecule has 0 saturated heterocycles. The van der Waals surface area contributed by atoms with Crippen LogP contribution in [-0.2, 0) is 6.42 Å². The normalized spacial score (nSPS) is 11.5. The molecule has 4 nitrogen and oxygen atoms in total. The summed E-state index contributed by atoms with van der Waals surface area (Å²) < 4.78 is 0. The molecule has 0 unspecified atom stereocenters. The van der Waals surface area contributed by atoms with Gasteiger partial charge < -0.3 is 11.1 Å². The molecule has 0 fully saturated rings. The molecule has 21 heavy (non-hydrogen) atoms. The van der Waals surface area contributed by atoms with Crippen molar-refractivity contribution in [3.8, 4) is 0 Å². The monoisotopic (exact) mass is 282 g/mol. The van der Waals surface area contributed by atoms with E-state index in [-0.39, 0.29) is 0 Å². The predicted molar refractivity (Wildman–Crippen MR) is 88.7 cm³/mol. The maximum absolute atomic E-state index is 5.91. The molecule has 0 bridgehead atoms. The molecule has 0 atom stereocenters. The van der Waals surface area contributed by atoms with Gasteiger partial charge in [0.25, 0.3) is 0 Å². The molecular formula is C17H22N4. The van der Waals surface area contributed by atoms with E-state index in [0.717, 1.165) is 17.8 Å². The minimum Gasteiger partial charge on any atom is -0.370 e. The number of nitrogens with one attached hydrogen (secondary N) is 1. The number of benzene rings is 1. The summed E-state index contributed by atoms with van der Waals surface area (Å²) in [5.41, 5.74) is 11.6. The van der Waals surface area contributed by atoms with Gasteiger partial charge >= 0.3 is 0 Å². The van der Waals surface area contributed by atoms with Crippen LogP contribution in [0.4, 0.5) is 5.69 Å². The molecule has 110 valence electrons. The van der Waals surface area contributed by atoms with E-state index in [1.807, 2.05) is 25.3 Å². The molecule has 0 saturated carbocycles. The van der Waals surface area contributed by atoms with Gasteiger partial charge in [0.2, 0.25) is 0 Å². The van der Waals surface area contributed by atoms with E-state index in [1.54, 1.807) is 0 Å². The van der Waals surface area contributed by atoms with Gasteiger partial charge in [0.1, 0.15) is 0 Å². The van der Waals surface area contributed by atoms with E-state index in [1.165, 1.54) is 16.7 Å². The van der Waals surface area contributed by atoms with Crippen LogP contribution in [0.5, 0.6) is 0 Å². The Balaban J connectivity index is 1.89. The topological polar surface area (TPSA) is 63.3 Å². The number of pyridine rings is 1. The SMILES string of the molecule is Cc1ccc(CCN=C(N)Nc2ccc(C)c(C)c2)cn1. The fourth-order valence-electron chi connectivity index (χ4n) is 1.96. The zero-order valence-corrected chi connectivity index (χ0v) is 12.9. The molecular weight excluding hydrogens is 260 g/mol. The maximum atomic E-state index is 5.91. The lowest BCUT2D eigenvalue weighted by Crippen LogP contribution is -2.23. The van der Waals surface area contributed by atoms with Crippen molar-refractivity contribution in [1.82, 2.24) is 4.98 Å². The number of guanidine groups is 1. The lowest BCUT2D eigenvalue weighted by molar-refractivity contribution is 0.950. The summed E-state index contributed by atoms with van der Waals surface area (Å²) in [6.45, 7) is 6.80. The molecule has 0 radical (unpaired) electrons. The molecule has 0 spiro atoms. The number of hydrogen-bond acceptors (Lipinski definition) is 2. The first-order valence-electron chi connectivity index (χ1n) is 7.10. The van der Waals surface area contributed by atoms with Crippen LogP contribution >= 0.6 is 0 Å². The second kappa shape index (κ2) is 6.88. The van der Waals surface area contributed by atoms with Crippen LogP contribution in [0.15, 0.2) is 41.5 Å². The third-order valence-electron chi connectivity index (χ3n) is 3.43. The zero-order valence-electron chi connectivity index (χ0n) is 12.9. The van der Waals surface area contributed by atoms with Gasteiger partial charge in [-0.25, -0.2) is 0 Å². The van der Waals surface area contributed by atoms with Crippen LogP contribution in [0.1, 0.15) is 22.4 Å². The van der Waals surface area contributed by atoms with Gasteiger partial charge in [-0.1, -0.05) is 12.1 Å². The largest absolute Gasteiger partial charge is 0.370 e. The molecule has 0 aliphatic rings. The summed E-state index contributed by atoms with van der Waals surface area (Å²) in [6, 6.07) is 10.2. The van der Waals surface area contributed by atoms with E-state index in [0.29, 0.717) is 12.5 Å². The Morgan fingerprint density at radius 2 is 1.95 bits per heavy atom. The van der Waals surface area contributed by atoms with E-state index >= 15 is 0 Å². The maximum Gasteiger partial charge on any atom is 0.193 e. The highest BCUT2D eigenvalue weighted by molar-refractivity contribution is 5.92. The molecule has 0 aliphatic heterocycles. The van der Waals surface area contributed by atoms with E-state index in [9.17, 15) is 0 Å². The molecule has 3 N–H and O–H groups in total. The quantitative estimate of drug-likeness (QED) is 0.669. The highest BCUT2D eigenvalue weighted by Gasteiger charge is 1.98. The molecule has 0 aliphatic carbocycles. The van der Waals surface area contributed by atoms with Crippen molar-refractivity contribution in [2.24, 2.45) is 10.7 Å². The molecule has 4 heteroatoms.